The van der Waals surface area contributed by atoms with Crippen molar-refractivity contribution in [3.8, 4) is 0 Å². The molecule has 0 saturated carbocycles. The van der Waals surface area contributed by atoms with Crippen LogP contribution >= 0.6 is 11.6 Å². The van der Waals surface area contributed by atoms with Crippen LogP contribution in [0.5, 0.6) is 0 Å². The van der Waals surface area contributed by atoms with Crippen molar-refractivity contribution in [2.24, 2.45) is 4.99 Å². The molecule has 0 aliphatic carbocycles. The molecule has 156 valence electrons. The summed E-state index contributed by atoms with van der Waals surface area (Å²) in [6.07, 6.45) is 4.04. The average Bonchev–Trinajstić information content (AvgIpc) is 2.74. The lowest BCUT2D eigenvalue weighted by Gasteiger charge is -2.37. The predicted molar refractivity (Wildman–Crippen MR) is 114 cm³/mol. The number of hydrogen-bond acceptors (Lipinski definition) is 4. The van der Waals surface area contributed by atoms with Crippen molar-refractivity contribution in [1.82, 2.24) is 15.5 Å². The number of nitrogens with one attached hydrogen (secondary N) is 2. The fraction of sp³-hybridized carbons (Fsp3) is 0.667. The molecular weight excluding hydrogens is 376 g/mol. The molecule has 2 N–H and O–H groups in total. The van der Waals surface area contributed by atoms with Crippen molar-refractivity contribution in [1.29, 1.82) is 0 Å². The molecule has 2 fully saturated rings. The van der Waals surface area contributed by atoms with E-state index in [9.17, 15) is 0 Å². The summed E-state index contributed by atoms with van der Waals surface area (Å²) in [4.78, 5) is 6.91. The lowest BCUT2D eigenvalue weighted by molar-refractivity contribution is -0.0855. The van der Waals surface area contributed by atoms with Crippen molar-refractivity contribution >= 4 is 17.6 Å². The summed E-state index contributed by atoms with van der Waals surface area (Å²) in [6.45, 7) is 5.41. The summed E-state index contributed by atoms with van der Waals surface area (Å²) in [5, 5.41) is 7.85. The van der Waals surface area contributed by atoms with Crippen LogP contribution in [0.25, 0.3) is 0 Å². The Labute approximate surface area is 173 Å². The molecule has 0 atom stereocenters. The Morgan fingerprint density at radius 1 is 1.25 bits per heavy atom. The maximum atomic E-state index is 5.98. The summed E-state index contributed by atoms with van der Waals surface area (Å²) < 4.78 is 11.3. The third-order valence-electron chi connectivity index (χ3n) is 5.89. The SMILES string of the molecule is CN=C(NCC1(OC)CCOCC1)NC1CCN(Cc2ccc(Cl)cc2)CC1. The van der Waals surface area contributed by atoms with Gasteiger partial charge < -0.3 is 20.1 Å². The second kappa shape index (κ2) is 10.4. The topological polar surface area (TPSA) is 58.1 Å². The number of aliphatic imine (C=N–C) groups is 1. The molecular formula is C21H33ClN4O2. The van der Waals surface area contributed by atoms with E-state index in [1.54, 1.807) is 7.11 Å². The van der Waals surface area contributed by atoms with Gasteiger partial charge in [-0.2, -0.15) is 0 Å². The molecule has 7 heteroatoms. The first-order chi connectivity index (χ1) is 13.6. The molecule has 6 nitrogen and oxygen atoms in total. The minimum Gasteiger partial charge on any atom is -0.381 e. The zero-order chi connectivity index (χ0) is 19.8. The number of methoxy groups -OCH3 is 1. The molecule has 0 amide bonds. The van der Waals surface area contributed by atoms with E-state index in [2.05, 4.69) is 32.7 Å². The Bertz CT molecular complexity index is 624. The lowest BCUT2D eigenvalue weighted by Crippen LogP contribution is -2.53. The highest BCUT2D eigenvalue weighted by Gasteiger charge is 2.32. The highest BCUT2D eigenvalue weighted by atomic mass is 35.5. The van der Waals surface area contributed by atoms with Crippen LogP contribution in [0.1, 0.15) is 31.2 Å². The maximum Gasteiger partial charge on any atom is 0.191 e. The van der Waals surface area contributed by atoms with Crippen LogP contribution in [0.3, 0.4) is 0 Å². The van der Waals surface area contributed by atoms with Crippen molar-refractivity contribution in [2.45, 2.75) is 43.9 Å². The Kier molecular flexibility index (Phi) is 7.97. The standard InChI is InChI=1S/C21H33ClN4O2/c1-23-20(24-16-21(27-2)9-13-28-14-10-21)25-19-7-11-26(12-8-19)15-17-3-5-18(22)6-4-17/h3-6,19H,7-16H2,1-2H3,(H2,23,24,25). The van der Waals surface area contributed by atoms with E-state index in [4.69, 9.17) is 21.1 Å². The summed E-state index contributed by atoms with van der Waals surface area (Å²) in [5.74, 6) is 0.860. The number of piperidine rings is 1. The van der Waals surface area contributed by atoms with Crippen LogP contribution < -0.4 is 10.6 Å². The molecule has 0 bridgehead atoms. The first-order valence-electron chi connectivity index (χ1n) is 10.2. The highest BCUT2D eigenvalue weighted by Crippen LogP contribution is 2.23. The minimum absolute atomic E-state index is 0.155. The highest BCUT2D eigenvalue weighted by molar-refractivity contribution is 6.30. The summed E-state index contributed by atoms with van der Waals surface area (Å²) in [6, 6.07) is 8.60. The van der Waals surface area contributed by atoms with Crippen LogP contribution in [-0.4, -0.2) is 69.5 Å². The van der Waals surface area contributed by atoms with Gasteiger partial charge >= 0.3 is 0 Å². The van der Waals surface area contributed by atoms with Gasteiger partial charge in [0.25, 0.3) is 0 Å². The molecule has 28 heavy (non-hydrogen) atoms. The number of ether oxygens (including phenoxy) is 2. The lowest BCUT2D eigenvalue weighted by atomic mass is 9.94. The number of likely N-dealkylation sites (tertiary alicyclic amines) is 1. The summed E-state index contributed by atoms with van der Waals surface area (Å²) >= 11 is 5.98. The van der Waals surface area contributed by atoms with Crippen molar-refractivity contribution in [2.75, 3.05) is 47.0 Å². The largest absolute Gasteiger partial charge is 0.381 e. The zero-order valence-electron chi connectivity index (χ0n) is 17.0. The predicted octanol–water partition coefficient (Wildman–Crippen LogP) is 2.67. The second-order valence-corrected chi connectivity index (χ2v) is 8.18. The quantitative estimate of drug-likeness (QED) is 0.559. The van der Waals surface area contributed by atoms with Crippen LogP contribution in [0, 0.1) is 0 Å². The van der Waals surface area contributed by atoms with Crippen LogP contribution in [0.2, 0.25) is 5.02 Å². The molecule has 0 radical (unpaired) electrons. The third-order valence-corrected chi connectivity index (χ3v) is 6.14. The van der Waals surface area contributed by atoms with Gasteiger partial charge in [0.1, 0.15) is 0 Å². The monoisotopic (exact) mass is 408 g/mol. The van der Waals surface area contributed by atoms with Gasteiger partial charge in [-0.15, -0.1) is 0 Å². The van der Waals surface area contributed by atoms with Gasteiger partial charge in [0.15, 0.2) is 5.96 Å². The van der Waals surface area contributed by atoms with Gasteiger partial charge in [-0.1, -0.05) is 23.7 Å². The number of halogens is 1. The number of nitrogens with zero attached hydrogens (tertiary/aromatic N) is 2. The zero-order valence-corrected chi connectivity index (χ0v) is 17.8. The van der Waals surface area contributed by atoms with E-state index >= 15 is 0 Å². The van der Waals surface area contributed by atoms with Crippen molar-refractivity contribution in [3.05, 3.63) is 34.9 Å². The van der Waals surface area contributed by atoms with E-state index in [1.165, 1.54) is 5.56 Å². The normalized spacial score (nSPS) is 21.5. The molecule has 2 aliphatic heterocycles. The number of hydrogen-bond donors (Lipinski definition) is 2. The molecule has 0 aromatic heterocycles. The van der Waals surface area contributed by atoms with Crippen LogP contribution in [0.15, 0.2) is 29.3 Å². The molecule has 1 aromatic rings. The van der Waals surface area contributed by atoms with E-state index in [-0.39, 0.29) is 5.60 Å². The fourth-order valence-electron chi connectivity index (χ4n) is 3.91. The van der Waals surface area contributed by atoms with E-state index in [1.807, 2.05) is 19.2 Å². The first kappa shape index (κ1) is 21.4. The molecule has 3 rings (SSSR count). The van der Waals surface area contributed by atoms with E-state index in [0.29, 0.717) is 6.04 Å². The smallest absolute Gasteiger partial charge is 0.191 e. The summed E-state index contributed by atoms with van der Waals surface area (Å²) in [5.41, 5.74) is 1.16. The van der Waals surface area contributed by atoms with Gasteiger partial charge in [-0.25, -0.2) is 0 Å². The van der Waals surface area contributed by atoms with Crippen molar-refractivity contribution in [3.63, 3.8) is 0 Å². The second-order valence-electron chi connectivity index (χ2n) is 7.75. The van der Waals surface area contributed by atoms with Gasteiger partial charge in [0, 0.05) is 77.5 Å². The molecule has 0 spiro atoms. The average molecular weight is 409 g/mol. The third kappa shape index (κ3) is 6.08. The van der Waals surface area contributed by atoms with Gasteiger partial charge in [-0.3, -0.25) is 9.89 Å². The Balaban J connectivity index is 1.41. The van der Waals surface area contributed by atoms with Crippen LogP contribution in [-0.2, 0) is 16.0 Å². The van der Waals surface area contributed by atoms with Gasteiger partial charge in [0.2, 0.25) is 0 Å². The Morgan fingerprint density at radius 3 is 2.54 bits per heavy atom. The van der Waals surface area contributed by atoms with E-state index < -0.39 is 0 Å². The Hall–Kier alpha value is -1.34. The molecule has 2 heterocycles. The number of rotatable bonds is 6. The number of guanidine groups is 1. The van der Waals surface area contributed by atoms with E-state index in [0.717, 1.165) is 76.1 Å². The fourth-order valence-corrected chi connectivity index (χ4v) is 4.04. The number of benzene rings is 1. The molecule has 2 aliphatic rings. The Morgan fingerprint density at radius 2 is 1.93 bits per heavy atom. The molecule has 2 saturated heterocycles. The van der Waals surface area contributed by atoms with Crippen LogP contribution in [0.4, 0.5) is 0 Å². The molecule has 0 unspecified atom stereocenters. The van der Waals surface area contributed by atoms with Gasteiger partial charge in [0.05, 0.1) is 5.60 Å². The van der Waals surface area contributed by atoms with Crippen molar-refractivity contribution < 1.29 is 9.47 Å². The minimum atomic E-state index is -0.155. The maximum absolute atomic E-state index is 5.98. The van der Waals surface area contributed by atoms with Gasteiger partial charge in [-0.05, 0) is 30.5 Å². The summed E-state index contributed by atoms with van der Waals surface area (Å²) in [7, 11) is 3.62. The molecule has 1 aromatic carbocycles. The first-order valence-corrected chi connectivity index (χ1v) is 10.6.